The number of benzene rings is 1. The monoisotopic (exact) mass is 592 g/mol. The topological polar surface area (TPSA) is 94.3 Å². The molecule has 1 unspecified atom stereocenters. The number of rotatable bonds is 7. The Labute approximate surface area is 249 Å². The van der Waals surface area contributed by atoms with E-state index in [0.717, 1.165) is 80.3 Å². The van der Waals surface area contributed by atoms with Crippen molar-refractivity contribution < 1.29 is 23.1 Å². The molecule has 0 spiro atoms. The van der Waals surface area contributed by atoms with Gasteiger partial charge in [-0.05, 0) is 76.0 Å². The number of carbonyl (C=O) groups excluding carboxylic acids is 2. The zero-order valence-electron chi connectivity index (χ0n) is 24.5. The number of amides is 2. The van der Waals surface area contributed by atoms with Crippen LogP contribution >= 0.6 is 0 Å². The van der Waals surface area contributed by atoms with Crippen LogP contribution in [0.1, 0.15) is 86.8 Å². The van der Waals surface area contributed by atoms with Crippen LogP contribution < -0.4 is 5.32 Å². The number of nitrogens with zero attached hydrogens (tertiary/aromatic N) is 5. The number of carbonyl (C=O) groups is 2. The molecule has 43 heavy (non-hydrogen) atoms. The molecule has 0 radical (unpaired) electrons. The van der Waals surface area contributed by atoms with E-state index in [-0.39, 0.29) is 29.7 Å². The van der Waals surface area contributed by atoms with Crippen LogP contribution in [0.15, 0.2) is 30.5 Å². The number of aryl methyl sites for hydroxylation is 1. The highest BCUT2D eigenvalue weighted by molar-refractivity contribution is 6.00. The second-order valence-corrected chi connectivity index (χ2v) is 12.0. The van der Waals surface area contributed by atoms with Crippen molar-refractivity contribution in [2.75, 3.05) is 26.2 Å². The second-order valence-electron chi connectivity index (χ2n) is 12.0. The zero-order valence-corrected chi connectivity index (χ0v) is 24.5. The van der Waals surface area contributed by atoms with Gasteiger partial charge in [-0.3, -0.25) is 24.3 Å². The van der Waals surface area contributed by atoms with Gasteiger partial charge < -0.3 is 9.64 Å². The van der Waals surface area contributed by atoms with Gasteiger partial charge in [-0.1, -0.05) is 17.9 Å². The maximum absolute atomic E-state index is 12.9. The summed E-state index contributed by atoms with van der Waals surface area (Å²) in [6.07, 6.45) is 6.23. The Bertz CT molecular complexity index is 1520. The first-order valence-corrected chi connectivity index (χ1v) is 15.3. The molecule has 9 nitrogen and oxygen atoms in total. The van der Waals surface area contributed by atoms with E-state index in [1.54, 1.807) is 15.6 Å². The standard InChI is InChI=1S/C32H38F2N6O3/c1-21-30-23(4-2-6-27(30)40(36-21)28-11-12-29(41)35-32(28)42)5-3-19-43-25-13-16-38(17-14-25)20-22-7-9-24(10-8-22)39-18-15-26(37-39)31(33)34/h2,4,6,15,18,22,24-25,28,31H,7-14,16-17,19-20H2,1H3,(H,35,41,42). The summed E-state index contributed by atoms with van der Waals surface area (Å²) in [5.41, 5.74) is 2.35. The minimum atomic E-state index is -2.51. The number of nitrogens with one attached hydrogen (secondary N) is 1. The molecule has 3 aromatic rings. The molecule has 11 heteroatoms. The molecule has 3 fully saturated rings. The third-order valence-corrected chi connectivity index (χ3v) is 9.12. The van der Waals surface area contributed by atoms with Gasteiger partial charge in [0.05, 0.1) is 23.4 Å². The Morgan fingerprint density at radius 1 is 1.05 bits per heavy atom. The maximum Gasteiger partial charge on any atom is 0.282 e. The molecule has 2 amide bonds. The summed E-state index contributed by atoms with van der Waals surface area (Å²) in [5.74, 6) is 6.50. The lowest BCUT2D eigenvalue weighted by atomic mass is 9.85. The minimum Gasteiger partial charge on any atom is -0.365 e. The van der Waals surface area contributed by atoms with Gasteiger partial charge in [0.25, 0.3) is 12.3 Å². The van der Waals surface area contributed by atoms with E-state index < -0.39 is 12.5 Å². The molecule has 3 aliphatic rings. The molecule has 6 rings (SSSR count). The average Bonchev–Trinajstić information content (AvgIpc) is 3.63. The summed E-state index contributed by atoms with van der Waals surface area (Å²) in [5, 5.41) is 12.0. The van der Waals surface area contributed by atoms with Crippen LogP contribution in [0.2, 0.25) is 0 Å². The number of aromatic nitrogens is 4. The molecule has 1 atom stereocenters. The van der Waals surface area contributed by atoms with Gasteiger partial charge in [0.15, 0.2) is 0 Å². The number of ether oxygens (including phenoxy) is 1. The predicted octanol–water partition coefficient (Wildman–Crippen LogP) is 4.72. The molecule has 2 aliphatic heterocycles. The quantitative estimate of drug-likeness (QED) is 0.315. The Balaban J connectivity index is 0.959. The first-order chi connectivity index (χ1) is 20.9. The van der Waals surface area contributed by atoms with E-state index in [0.29, 0.717) is 25.4 Å². The largest absolute Gasteiger partial charge is 0.365 e. The number of likely N-dealkylation sites (tertiary alicyclic amines) is 1. The summed E-state index contributed by atoms with van der Waals surface area (Å²) in [6.45, 7) is 5.36. The van der Waals surface area contributed by atoms with Crippen molar-refractivity contribution in [1.82, 2.24) is 29.8 Å². The predicted molar refractivity (Wildman–Crippen MR) is 156 cm³/mol. The summed E-state index contributed by atoms with van der Waals surface area (Å²) in [7, 11) is 0. The maximum atomic E-state index is 12.9. The molecule has 4 heterocycles. The third kappa shape index (κ3) is 6.65. The molecule has 228 valence electrons. The van der Waals surface area contributed by atoms with Gasteiger partial charge in [-0.25, -0.2) is 8.78 Å². The van der Waals surface area contributed by atoms with Gasteiger partial charge in [-0.2, -0.15) is 10.2 Å². The smallest absolute Gasteiger partial charge is 0.282 e. The molecule has 1 N–H and O–H groups in total. The lowest BCUT2D eigenvalue weighted by molar-refractivity contribution is -0.135. The number of imide groups is 1. The second kappa shape index (κ2) is 12.9. The first-order valence-electron chi connectivity index (χ1n) is 15.3. The van der Waals surface area contributed by atoms with Gasteiger partial charge in [0, 0.05) is 43.2 Å². The fourth-order valence-corrected chi connectivity index (χ4v) is 6.81. The molecule has 1 saturated carbocycles. The number of alkyl halides is 2. The molecule has 2 saturated heterocycles. The molecular weight excluding hydrogens is 554 g/mol. The van der Waals surface area contributed by atoms with Crippen molar-refractivity contribution >= 4 is 22.7 Å². The Kier molecular flexibility index (Phi) is 8.86. The van der Waals surface area contributed by atoms with E-state index in [4.69, 9.17) is 4.74 Å². The molecule has 2 aromatic heterocycles. The summed E-state index contributed by atoms with van der Waals surface area (Å²) < 4.78 is 35.3. The fourth-order valence-electron chi connectivity index (χ4n) is 6.81. The van der Waals surface area contributed by atoms with E-state index >= 15 is 0 Å². The molecular formula is C32H38F2N6O3. The zero-order chi connectivity index (χ0) is 29.9. The lowest BCUT2D eigenvalue weighted by Gasteiger charge is -2.36. The number of hydrogen-bond donors (Lipinski definition) is 1. The highest BCUT2D eigenvalue weighted by Gasteiger charge is 2.31. The van der Waals surface area contributed by atoms with Gasteiger partial charge in [-0.15, -0.1) is 0 Å². The van der Waals surface area contributed by atoms with Crippen LogP contribution in [-0.4, -0.2) is 68.6 Å². The molecule has 1 aliphatic carbocycles. The van der Waals surface area contributed by atoms with Crippen molar-refractivity contribution in [3.63, 3.8) is 0 Å². The normalized spacial score (nSPS) is 23.9. The van der Waals surface area contributed by atoms with E-state index in [9.17, 15) is 18.4 Å². The van der Waals surface area contributed by atoms with E-state index in [2.05, 4.69) is 32.3 Å². The van der Waals surface area contributed by atoms with Crippen LogP contribution in [0.5, 0.6) is 0 Å². The van der Waals surface area contributed by atoms with Crippen molar-refractivity contribution in [1.29, 1.82) is 0 Å². The SMILES string of the molecule is Cc1nn(C2CCC(=O)NC2=O)c2cccc(C#CCOC3CCN(CC4CCC(n5ccc(C(F)F)n5)CC4)CC3)c12. The average molecular weight is 593 g/mol. The Hall–Kier alpha value is -3.62. The van der Waals surface area contributed by atoms with Gasteiger partial charge >= 0.3 is 0 Å². The van der Waals surface area contributed by atoms with Crippen LogP contribution in [0.3, 0.4) is 0 Å². The van der Waals surface area contributed by atoms with Crippen LogP contribution in [-0.2, 0) is 14.3 Å². The first kappa shape index (κ1) is 29.5. The molecule has 1 aromatic carbocycles. The highest BCUT2D eigenvalue weighted by Crippen LogP contribution is 2.33. The van der Waals surface area contributed by atoms with E-state index in [1.807, 2.05) is 25.1 Å². The Morgan fingerprint density at radius 3 is 2.56 bits per heavy atom. The fraction of sp³-hybridized carbons (Fsp3) is 0.562. The molecule has 0 bridgehead atoms. The van der Waals surface area contributed by atoms with Crippen molar-refractivity contribution in [3.8, 4) is 11.8 Å². The van der Waals surface area contributed by atoms with E-state index in [1.165, 1.54) is 6.07 Å². The highest BCUT2D eigenvalue weighted by atomic mass is 19.3. The number of halogens is 2. The third-order valence-electron chi connectivity index (χ3n) is 9.12. The van der Waals surface area contributed by atoms with Crippen LogP contribution in [0.25, 0.3) is 10.9 Å². The minimum absolute atomic E-state index is 0.135. The Morgan fingerprint density at radius 2 is 1.84 bits per heavy atom. The van der Waals surface area contributed by atoms with Gasteiger partial charge in [0.2, 0.25) is 5.91 Å². The van der Waals surface area contributed by atoms with Crippen molar-refractivity contribution in [2.45, 2.75) is 82.9 Å². The lowest BCUT2D eigenvalue weighted by Crippen LogP contribution is -2.42. The summed E-state index contributed by atoms with van der Waals surface area (Å²) in [4.78, 5) is 26.6. The van der Waals surface area contributed by atoms with Crippen molar-refractivity contribution in [3.05, 3.63) is 47.4 Å². The van der Waals surface area contributed by atoms with Crippen LogP contribution in [0.4, 0.5) is 8.78 Å². The van der Waals surface area contributed by atoms with Gasteiger partial charge in [0.1, 0.15) is 18.3 Å². The number of fused-ring (bicyclic) bond motifs is 1. The number of piperidine rings is 2. The van der Waals surface area contributed by atoms with Crippen LogP contribution in [0, 0.1) is 24.7 Å². The summed E-state index contributed by atoms with van der Waals surface area (Å²) >= 11 is 0. The summed E-state index contributed by atoms with van der Waals surface area (Å²) in [6, 6.07) is 6.95. The number of hydrogen-bond acceptors (Lipinski definition) is 6. The van der Waals surface area contributed by atoms with Crippen molar-refractivity contribution in [2.24, 2.45) is 5.92 Å².